The zero-order chi connectivity index (χ0) is 12.1. The molecule has 16 heavy (non-hydrogen) atoms. The van der Waals surface area contributed by atoms with Crippen LogP contribution in [0, 0.1) is 0 Å². The van der Waals surface area contributed by atoms with Gasteiger partial charge in [-0.1, -0.05) is 6.92 Å². The molecule has 1 atom stereocenters. The molecule has 1 aromatic heterocycles. The van der Waals surface area contributed by atoms with E-state index in [1.807, 2.05) is 11.8 Å². The van der Waals surface area contributed by atoms with E-state index in [-0.39, 0.29) is 11.9 Å². The van der Waals surface area contributed by atoms with E-state index in [1.165, 1.54) is 0 Å². The summed E-state index contributed by atoms with van der Waals surface area (Å²) >= 11 is 3.26. The van der Waals surface area contributed by atoms with Gasteiger partial charge in [-0.25, -0.2) is 4.98 Å². The van der Waals surface area contributed by atoms with Crippen LogP contribution in [0.2, 0.25) is 0 Å². The first-order valence-corrected chi connectivity index (χ1v) is 6.32. The fourth-order valence-corrected chi connectivity index (χ4v) is 1.78. The van der Waals surface area contributed by atoms with E-state index in [2.05, 4.69) is 34.8 Å². The molecule has 3 nitrogen and oxygen atoms in total. The van der Waals surface area contributed by atoms with Crippen LogP contribution in [0.1, 0.15) is 37.6 Å². The Balaban J connectivity index is 2.87. The molecule has 0 aliphatic heterocycles. The smallest absolute Gasteiger partial charge is 0.255 e. The van der Waals surface area contributed by atoms with E-state index in [4.69, 9.17) is 0 Å². The number of nitrogens with zero attached hydrogens (tertiary/aromatic N) is 2. The number of rotatable bonds is 4. The van der Waals surface area contributed by atoms with Gasteiger partial charge in [-0.3, -0.25) is 4.79 Å². The van der Waals surface area contributed by atoms with E-state index in [0.717, 1.165) is 17.6 Å². The summed E-state index contributed by atoms with van der Waals surface area (Å²) in [7, 11) is 0. The van der Waals surface area contributed by atoms with E-state index in [1.54, 1.807) is 18.3 Å². The molecule has 0 fully saturated rings. The van der Waals surface area contributed by atoms with Crippen LogP contribution >= 0.6 is 15.9 Å². The van der Waals surface area contributed by atoms with Crippen molar-refractivity contribution < 1.29 is 4.79 Å². The van der Waals surface area contributed by atoms with Gasteiger partial charge in [-0.15, -0.1) is 0 Å². The number of carbonyl (C=O) groups excluding carboxylic acids is 1. The van der Waals surface area contributed by atoms with Crippen LogP contribution in [-0.4, -0.2) is 28.4 Å². The summed E-state index contributed by atoms with van der Waals surface area (Å²) in [5, 5.41) is 0. The van der Waals surface area contributed by atoms with Crippen molar-refractivity contribution in [1.29, 1.82) is 0 Å². The van der Waals surface area contributed by atoms with Gasteiger partial charge in [0.15, 0.2) is 0 Å². The first-order chi connectivity index (χ1) is 7.60. The summed E-state index contributed by atoms with van der Waals surface area (Å²) in [4.78, 5) is 18.1. The van der Waals surface area contributed by atoms with Gasteiger partial charge >= 0.3 is 0 Å². The Labute approximate surface area is 105 Å². The Kier molecular flexibility index (Phi) is 4.93. The first-order valence-electron chi connectivity index (χ1n) is 5.52. The molecule has 1 amide bonds. The minimum Gasteiger partial charge on any atom is -0.336 e. The highest BCUT2D eigenvalue weighted by atomic mass is 79.9. The lowest BCUT2D eigenvalue weighted by Crippen LogP contribution is -2.38. The highest BCUT2D eigenvalue weighted by Gasteiger charge is 2.18. The number of aromatic nitrogens is 1. The van der Waals surface area contributed by atoms with Crippen LogP contribution in [0.5, 0.6) is 0 Å². The van der Waals surface area contributed by atoms with Crippen molar-refractivity contribution in [2.24, 2.45) is 0 Å². The Morgan fingerprint density at radius 2 is 2.19 bits per heavy atom. The van der Waals surface area contributed by atoms with Crippen molar-refractivity contribution in [2.75, 3.05) is 6.54 Å². The molecule has 0 saturated heterocycles. The second-order valence-electron chi connectivity index (χ2n) is 3.72. The van der Waals surface area contributed by atoms with Gasteiger partial charge in [0, 0.05) is 18.8 Å². The normalized spacial score (nSPS) is 12.2. The predicted molar refractivity (Wildman–Crippen MR) is 68.4 cm³/mol. The van der Waals surface area contributed by atoms with Crippen LogP contribution in [0.3, 0.4) is 0 Å². The third-order valence-electron chi connectivity index (χ3n) is 2.70. The van der Waals surface area contributed by atoms with Gasteiger partial charge in [0.2, 0.25) is 0 Å². The van der Waals surface area contributed by atoms with Crippen molar-refractivity contribution in [3.63, 3.8) is 0 Å². The Morgan fingerprint density at radius 3 is 2.62 bits per heavy atom. The van der Waals surface area contributed by atoms with E-state index in [0.29, 0.717) is 5.56 Å². The maximum absolute atomic E-state index is 12.2. The molecule has 0 saturated carbocycles. The first kappa shape index (κ1) is 13.2. The molecule has 4 heteroatoms. The van der Waals surface area contributed by atoms with Crippen LogP contribution in [0.25, 0.3) is 0 Å². The second-order valence-corrected chi connectivity index (χ2v) is 4.53. The van der Waals surface area contributed by atoms with Gasteiger partial charge in [-0.2, -0.15) is 0 Å². The van der Waals surface area contributed by atoms with Gasteiger partial charge in [0.1, 0.15) is 4.60 Å². The summed E-state index contributed by atoms with van der Waals surface area (Å²) in [5.74, 6) is 0.0526. The topological polar surface area (TPSA) is 33.2 Å². The van der Waals surface area contributed by atoms with Gasteiger partial charge in [0.25, 0.3) is 5.91 Å². The van der Waals surface area contributed by atoms with E-state index >= 15 is 0 Å². The number of hydrogen-bond donors (Lipinski definition) is 0. The Bertz CT molecular complexity index is 351. The van der Waals surface area contributed by atoms with Gasteiger partial charge in [0.05, 0.1) is 5.56 Å². The Hall–Kier alpha value is -0.900. The number of amides is 1. The third kappa shape index (κ3) is 3.04. The number of carbonyl (C=O) groups is 1. The lowest BCUT2D eigenvalue weighted by molar-refractivity contribution is 0.0699. The fourth-order valence-electron chi connectivity index (χ4n) is 1.54. The van der Waals surface area contributed by atoms with Crippen LogP contribution < -0.4 is 0 Å². The molecule has 0 spiro atoms. The number of halogens is 1. The lowest BCUT2D eigenvalue weighted by atomic mass is 10.1. The van der Waals surface area contributed by atoms with E-state index < -0.39 is 0 Å². The molecule has 0 aromatic carbocycles. The van der Waals surface area contributed by atoms with Crippen molar-refractivity contribution >= 4 is 21.8 Å². The summed E-state index contributed by atoms with van der Waals surface area (Å²) in [5.41, 5.74) is 0.644. The number of pyridine rings is 1. The summed E-state index contributed by atoms with van der Waals surface area (Å²) in [6.07, 6.45) is 2.57. The van der Waals surface area contributed by atoms with Crippen LogP contribution in [0.15, 0.2) is 22.9 Å². The zero-order valence-corrected chi connectivity index (χ0v) is 11.5. The molecule has 1 rings (SSSR count). The molecule has 0 aliphatic rings. The van der Waals surface area contributed by atoms with Crippen molar-refractivity contribution in [3.05, 3.63) is 28.5 Å². The van der Waals surface area contributed by atoms with Crippen molar-refractivity contribution in [2.45, 2.75) is 33.2 Å². The molecule has 1 aromatic rings. The molecule has 0 bridgehead atoms. The van der Waals surface area contributed by atoms with Crippen LogP contribution in [0.4, 0.5) is 0 Å². The molecule has 0 radical (unpaired) electrons. The summed E-state index contributed by atoms with van der Waals surface area (Å²) in [6, 6.07) is 3.85. The van der Waals surface area contributed by atoms with Crippen molar-refractivity contribution in [1.82, 2.24) is 9.88 Å². The zero-order valence-electron chi connectivity index (χ0n) is 9.90. The van der Waals surface area contributed by atoms with Gasteiger partial charge in [-0.05, 0) is 48.3 Å². The average molecular weight is 285 g/mol. The number of hydrogen-bond acceptors (Lipinski definition) is 2. The molecule has 88 valence electrons. The second kappa shape index (κ2) is 5.99. The molecule has 0 N–H and O–H groups in total. The maximum Gasteiger partial charge on any atom is 0.255 e. The fraction of sp³-hybridized carbons (Fsp3) is 0.500. The highest BCUT2D eigenvalue weighted by molar-refractivity contribution is 9.10. The molecule has 1 unspecified atom stereocenters. The highest BCUT2D eigenvalue weighted by Crippen LogP contribution is 2.12. The molecular formula is C12H17BrN2O. The summed E-state index contributed by atoms with van der Waals surface area (Å²) < 4.78 is 0.746. The quantitative estimate of drug-likeness (QED) is 0.796. The van der Waals surface area contributed by atoms with E-state index in [9.17, 15) is 4.79 Å². The average Bonchev–Trinajstić information content (AvgIpc) is 2.30. The minimum absolute atomic E-state index is 0.0526. The minimum atomic E-state index is 0.0526. The predicted octanol–water partition coefficient (Wildman–Crippen LogP) is 3.10. The molecule has 0 aliphatic carbocycles. The largest absolute Gasteiger partial charge is 0.336 e. The van der Waals surface area contributed by atoms with Crippen LogP contribution in [-0.2, 0) is 0 Å². The monoisotopic (exact) mass is 284 g/mol. The van der Waals surface area contributed by atoms with Crippen molar-refractivity contribution in [3.8, 4) is 0 Å². The maximum atomic E-state index is 12.2. The SMILES string of the molecule is CCC(C)N(CC)C(=O)c1ccc(Br)nc1. The van der Waals surface area contributed by atoms with Gasteiger partial charge < -0.3 is 4.90 Å². The standard InChI is InChI=1S/C12H17BrN2O/c1-4-9(3)15(5-2)12(16)10-6-7-11(13)14-8-10/h6-9H,4-5H2,1-3H3. The summed E-state index contributed by atoms with van der Waals surface area (Å²) in [6.45, 7) is 6.87. The molecular weight excluding hydrogens is 268 g/mol. The Morgan fingerprint density at radius 1 is 1.50 bits per heavy atom. The third-order valence-corrected chi connectivity index (χ3v) is 3.17. The molecule has 1 heterocycles. The lowest BCUT2D eigenvalue weighted by Gasteiger charge is -2.27.